The molecule has 1 amide bonds. The van der Waals surface area contributed by atoms with Crippen molar-refractivity contribution in [3.8, 4) is 0 Å². The Morgan fingerprint density at radius 1 is 1.10 bits per heavy atom. The van der Waals surface area contributed by atoms with Crippen LogP contribution in [0.25, 0.3) is 0 Å². The molecule has 1 saturated heterocycles. The molecule has 0 spiro atoms. The van der Waals surface area contributed by atoms with Crippen LogP contribution in [0.5, 0.6) is 0 Å². The van der Waals surface area contributed by atoms with E-state index in [4.69, 9.17) is 0 Å². The van der Waals surface area contributed by atoms with Gasteiger partial charge in [0.15, 0.2) is 0 Å². The van der Waals surface area contributed by atoms with Crippen molar-refractivity contribution in [1.82, 2.24) is 4.90 Å². The predicted molar refractivity (Wildman–Crippen MR) is 116 cm³/mol. The van der Waals surface area contributed by atoms with Gasteiger partial charge in [0, 0.05) is 18.7 Å². The number of benzene rings is 2. The molecule has 0 aliphatic carbocycles. The van der Waals surface area contributed by atoms with Gasteiger partial charge in [-0.2, -0.15) is 0 Å². The zero-order chi connectivity index (χ0) is 21.0. The fourth-order valence-electron chi connectivity index (χ4n) is 3.98. The quantitative estimate of drug-likeness (QED) is 0.669. The molecular formula is C23H28N2O3S. The van der Waals surface area contributed by atoms with Crippen LogP contribution in [0.15, 0.2) is 72.1 Å². The van der Waals surface area contributed by atoms with Crippen LogP contribution in [-0.4, -0.2) is 38.9 Å². The zero-order valence-electron chi connectivity index (χ0n) is 17.0. The standard InChI is InChI=1S/C23H28N2O3S/c1-4-13-25(21-10-6-5-7-11-21)29(27,28)22-12-8-9-20(15-22)23(26)24-16-18(2)14-19(3)17-24/h4-12,15,18-19H,1,13-14,16-17H2,2-3H3/t18-,19+. The zero-order valence-corrected chi connectivity index (χ0v) is 17.8. The lowest BCUT2D eigenvalue weighted by atomic mass is 9.91. The van der Waals surface area contributed by atoms with E-state index in [2.05, 4.69) is 20.4 Å². The molecule has 0 N–H and O–H groups in total. The highest BCUT2D eigenvalue weighted by Crippen LogP contribution is 2.26. The van der Waals surface area contributed by atoms with Crippen LogP contribution in [0.1, 0.15) is 30.6 Å². The summed E-state index contributed by atoms with van der Waals surface area (Å²) in [5.74, 6) is 0.766. The van der Waals surface area contributed by atoms with Gasteiger partial charge in [-0.05, 0) is 48.6 Å². The van der Waals surface area contributed by atoms with Crippen molar-refractivity contribution in [1.29, 1.82) is 0 Å². The van der Waals surface area contributed by atoms with Gasteiger partial charge < -0.3 is 4.90 Å². The second-order valence-corrected chi connectivity index (χ2v) is 9.71. The third-order valence-corrected chi connectivity index (χ3v) is 6.95. The van der Waals surface area contributed by atoms with Gasteiger partial charge in [0.1, 0.15) is 0 Å². The van der Waals surface area contributed by atoms with E-state index in [1.807, 2.05) is 11.0 Å². The molecule has 3 rings (SSSR count). The van der Waals surface area contributed by atoms with Crippen LogP contribution < -0.4 is 4.31 Å². The van der Waals surface area contributed by atoms with E-state index in [9.17, 15) is 13.2 Å². The molecule has 1 heterocycles. The fraction of sp³-hybridized carbons (Fsp3) is 0.348. The summed E-state index contributed by atoms with van der Waals surface area (Å²) in [7, 11) is -3.83. The number of sulfonamides is 1. The summed E-state index contributed by atoms with van der Waals surface area (Å²) in [5, 5.41) is 0. The molecule has 0 radical (unpaired) electrons. The van der Waals surface area contributed by atoms with E-state index >= 15 is 0 Å². The monoisotopic (exact) mass is 412 g/mol. The van der Waals surface area contributed by atoms with Crippen LogP contribution in [0.3, 0.4) is 0 Å². The van der Waals surface area contributed by atoms with Gasteiger partial charge in [-0.3, -0.25) is 9.10 Å². The highest BCUT2D eigenvalue weighted by Gasteiger charge is 2.28. The predicted octanol–water partition coefficient (Wildman–Crippen LogP) is 4.19. The average molecular weight is 413 g/mol. The number of amides is 1. The number of carbonyl (C=O) groups excluding carboxylic acids is 1. The molecule has 0 saturated carbocycles. The maximum atomic E-state index is 13.3. The summed E-state index contributed by atoms with van der Waals surface area (Å²) in [6.45, 7) is 9.52. The van der Waals surface area contributed by atoms with Crippen LogP contribution in [0.4, 0.5) is 5.69 Å². The number of rotatable bonds is 6. The van der Waals surface area contributed by atoms with Gasteiger partial charge >= 0.3 is 0 Å². The third-order valence-electron chi connectivity index (χ3n) is 5.16. The van der Waals surface area contributed by atoms with Gasteiger partial charge in [0.05, 0.1) is 17.1 Å². The van der Waals surface area contributed by atoms with Gasteiger partial charge in [-0.25, -0.2) is 8.42 Å². The van der Waals surface area contributed by atoms with E-state index < -0.39 is 10.0 Å². The molecule has 6 heteroatoms. The Labute approximate surface area is 173 Å². The Balaban J connectivity index is 1.93. The van der Waals surface area contributed by atoms with Gasteiger partial charge in [-0.1, -0.05) is 44.2 Å². The number of carbonyl (C=O) groups is 1. The number of likely N-dealkylation sites (tertiary alicyclic amines) is 1. The van der Waals surface area contributed by atoms with Gasteiger partial charge in [0.2, 0.25) is 0 Å². The molecule has 0 unspecified atom stereocenters. The summed E-state index contributed by atoms with van der Waals surface area (Å²) in [6, 6.07) is 15.2. The maximum absolute atomic E-state index is 13.3. The fourth-order valence-corrected chi connectivity index (χ4v) is 5.46. The first-order chi connectivity index (χ1) is 13.8. The normalized spacial score (nSPS) is 19.6. The van der Waals surface area contributed by atoms with Crippen molar-refractivity contribution < 1.29 is 13.2 Å². The second kappa shape index (κ2) is 8.82. The number of hydrogen-bond acceptors (Lipinski definition) is 3. The van der Waals surface area contributed by atoms with E-state index in [0.29, 0.717) is 36.2 Å². The van der Waals surface area contributed by atoms with Crippen LogP contribution >= 0.6 is 0 Å². The van der Waals surface area contributed by atoms with Crippen molar-refractivity contribution in [2.24, 2.45) is 11.8 Å². The minimum absolute atomic E-state index is 0.104. The lowest BCUT2D eigenvalue weighted by Gasteiger charge is -2.35. The number of hydrogen-bond donors (Lipinski definition) is 0. The SMILES string of the molecule is C=CCN(c1ccccc1)S(=O)(=O)c1cccc(C(=O)N2C[C@H](C)C[C@H](C)C2)c1. The van der Waals surface area contributed by atoms with Gasteiger partial charge in [-0.15, -0.1) is 6.58 Å². The Morgan fingerprint density at radius 2 is 1.76 bits per heavy atom. The number of anilines is 1. The molecule has 2 aromatic carbocycles. The molecule has 1 aliphatic heterocycles. The van der Waals surface area contributed by atoms with E-state index in [1.165, 1.54) is 16.4 Å². The van der Waals surface area contributed by atoms with Crippen molar-refractivity contribution in [3.05, 3.63) is 72.8 Å². The summed E-state index contributed by atoms with van der Waals surface area (Å²) >= 11 is 0. The smallest absolute Gasteiger partial charge is 0.264 e. The van der Waals surface area contributed by atoms with Crippen LogP contribution in [0.2, 0.25) is 0 Å². The van der Waals surface area contributed by atoms with E-state index in [-0.39, 0.29) is 17.3 Å². The Hall–Kier alpha value is -2.60. The molecule has 29 heavy (non-hydrogen) atoms. The molecule has 2 aromatic rings. The lowest BCUT2D eigenvalue weighted by molar-refractivity contribution is 0.0623. The van der Waals surface area contributed by atoms with E-state index in [0.717, 1.165) is 6.42 Å². The van der Waals surface area contributed by atoms with Crippen molar-refractivity contribution in [2.75, 3.05) is 23.9 Å². The minimum atomic E-state index is -3.83. The van der Waals surface area contributed by atoms with Crippen molar-refractivity contribution >= 4 is 21.6 Å². The average Bonchev–Trinajstić information content (AvgIpc) is 2.71. The molecule has 154 valence electrons. The maximum Gasteiger partial charge on any atom is 0.264 e. The number of para-hydroxylation sites is 1. The largest absolute Gasteiger partial charge is 0.338 e. The van der Waals surface area contributed by atoms with Gasteiger partial charge in [0.25, 0.3) is 15.9 Å². The first-order valence-corrected chi connectivity index (χ1v) is 11.3. The molecule has 1 aliphatic rings. The van der Waals surface area contributed by atoms with Crippen LogP contribution in [0, 0.1) is 11.8 Å². The topological polar surface area (TPSA) is 57.7 Å². The van der Waals surface area contributed by atoms with Crippen molar-refractivity contribution in [3.63, 3.8) is 0 Å². The Kier molecular flexibility index (Phi) is 6.42. The summed E-state index contributed by atoms with van der Waals surface area (Å²) in [6.07, 6.45) is 2.65. The number of piperidine rings is 1. The molecule has 5 nitrogen and oxygen atoms in total. The lowest BCUT2D eigenvalue weighted by Crippen LogP contribution is -2.42. The van der Waals surface area contributed by atoms with Crippen molar-refractivity contribution in [2.45, 2.75) is 25.2 Å². The van der Waals surface area contributed by atoms with Crippen LogP contribution in [-0.2, 0) is 10.0 Å². The minimum Gasteiger partial charge on any atom is -0.338 e. The molecule has 1 fully saturated rings. The molecule has 0 aromatic heterocycles. The highest BCUT2D eigenvalue weighted by molar-refractivity contribution is 7.92. The first-order valence-electron chi connectivity index (χ1n) is 9.91. The van der Waals surface area contributed by atoms with E-state index in [1.54, 1.807) is 42.5 Å². The molecule has 2 atom stereocenters. The molecular weight excluding hydrogens is 384 g/mol. The number of nitrogens with zero attached hydrogens (tertiary/aromatic N) is 2. The second-order valence-electron chi connectivity index (χ2n) is 7.84. The summed E-state index contributed by atoms with van der Waals surface area (Å²) in [5.41, 5.74) is 0.960. The summed E-state index contributed by atoms with van der Waals surface area (Å²) in [4.78, 5) is 15.0. The molecule has 0 bridgehead atoms. The highest BCUT2D eigenvalue weighted by atomic mass is 32.2. The summed E-state index contributed by atoms with van der Waals surface area (Å²) < 4.78 is 28.0. The third kappa shape index (κ3) is 4.70. The Bertz CT molecular complexity index is 963. The first kappa shape index (κ1) is 21.1. The Morgan fingerprint density at radius 3 is 2.38 bits per heavy atom.